The number of amides is 1. The molecule has 0 radical (unpaired) electrons. The fraction of sp³-hybridized carbons (Fsp3) is 0.286. The van der Waals surface area contributed by atoms with Crippen LogP contribution in [0.5, 0.6) is 0 Å². The van der Waals surface area contributed by atoms with Gasteiger partial charge in [-0.1, -0.05) is 23.7 Å². The number of carbonyl (C=O) groups excluding carboxylic acids is 1. The largest absolute Gasteiger partial charge is 0.308 e. The summed E-state index contributed by atoms with van der Waals surface area (Å²) in [4.78, 5) is 11.7. The number of nitrogens with one attached hydrogen (secondary N) is 1. The fourth-order valence-electron chi connectivity index (χ4n) is 1.95. The Hall–Kier alpha value is -1.88. The molecule has 2 aromatic rings. The molecule has 0 atom stereocenters. The normalized spacial score (nSPS) is 14.3. The molecule has 1 aromatic heterocycles. The van der Waals surface area contributed by atoms with Crippen LogP contribution in [0, 0.1) is 11.7 Å². The van der Waals surface area contributed by atoms with Gasteiger partial charge in [0.05, 0.1) is 6.54 Å². The lowest BCUT2D eigenvalue weighted by Crippen LogP contribution is -2.14. The standard InChI is InChI=1S/C14H13ClFN3O/c15-12-8-19(7-9-2-1-3-11(16)6-9)18-13(12)17-14(20)10-4-5-10/h1-3,6,8,10H,4-5,7H2,(H,17,18,20). The number of halogens is 2. The number of benzene rings is 1. The second-order valence-electron chi connectivity index (χ2n) is 4.92. The van der Waals surface area contributed by atoms with Crippen molar-refractivity contribution < 1.29 is 9.18 Å². The van der Waals surface area contributed by atoms with Crippen molar-refractivity contribution in [3.63, 3.8) is 0 Å². The Labute approximate surface area is 120 Å². The van der Waals surface area contributed by atoms with Crippen LogP contribution in [0.3, 0.4) is 0 Å². The van der Waals surface area contributed by atoms with Gasteiger partial charge < -0.3 is 5.32 Å². The lowest BCUT2D eigenvalue weighted by atomic mass is 10.2. The highest BCUT2D eigenvalue weighted by molar-refractivity contribution is 6.33. The van der Waals surface area contributed by atoms with Crippen molar-refractivity contribution in [2.24, 2.45) is 5.92 Å². The molecule has 1 aliphatic rings. The maximum Gasteiger partial charge on any atom is 0.228 e. The molecule has 0 aliphatic heterocycles. The summed E-state index contributed by atoms with van der Waals surface area (Å²) in [6, 6.07) is 6.28. The Morgan fingerprint density at radius 1 is 1.50 bits per heavy atom. The molecule has 20 heavy (non-hydrogen) atoms. The zero-order valence-corrected chi connectivity index (χ0v) is 11.4. The molecule has 1 aliphatic carbocycles. The summed E-state index contributed by atoms with van der Waals surface area (Å²) in [5.41, 5.74) is 0.782. The first kappa shape index (κ1) is 13.1. The molecule has 0 saturated heterocycles. The average Bonchev–Trinajstić information content (AvgIpc) is 3.17. The molecule has 1 aromatic carbocycles. The summed E-state index contributed by atoms with van der Waals surface area (Å²) in [7, 11) is 0. The quantitative estimate of drug-likeness (QED) is 0.942. The van der Waals surface area contributed by atoms with E-state index in [-0.39, 0.29) is 17.6 Å². The van der Waals surface area contributed by atoms with Crippen LogP contribution >= 0.6 is 11.6 Å². The maximum absolute atomic E-state index is 13.1. The van der Waals surface area contributed by atoms with Gasteiger partial charge in [0.2, 0.25) is 5.91 Å². The first-order valence-corrected chi connectivity index (χ1v) is 6.78. The summed E-state index contributed by atoms with van der Waals surface area (Å²) in [5.74, 6) is 0.130. The van der Waals surface area contributed by atoms with Crippen LogP contribution < -0.4 is 5.32 Å². The van der Waals surface area contributed by atoms with Gasteiger partial charge >= 0.3 is 0 Å². The van der Waals surface area contributed by atoms with E-state index in [1.54, 1.807) is 23.0 Å². The van der Waals surface area contributed by atoms with E-state index >= 15 is 0 Å². The summed E-state index contributed by atoms with van der Waals surface area (Å²) < 4.78 is 14.7. The Bertz CT molecular complexity index is 652. The van der Waals surface area contributed by atoms with Crippen LogP contribution in [0.15, 0.2) is 30.5 Å². The minimum Gasteiger partial charge on any atom is -0.308 e. The molecule has 1 N–H and O–H groups in total. The lowest BCUT2D eigenvalue weighted by molar-refractivity contribution is -0.117. The number of nitrogens with zero attached hydrogens (tertiary/aromatic N) is 2. The fourth-order valence-corrected chi connectivity index (χ4v) is 2.15. The van der Waals surface area contributed by atoms with Crippen molar-refractivity contribution in [3.8, 4) is 0 Å². The number of aromatic nitrogens is 2. The zero-order chi connectivity index (χ0) is 14.1. The van der Waals surface area contributed by atoms with Crippen molar-refractivity contribution in [2.45, 2.75) is 19.4 Å². The molecule has 0 spiro atoms. The topological polar surface area (TPSA) is 46.9 Å². The lowest BCUT2D eigenvalue weighted by Gasteiger charge is -2.02. The molecule has 104 valence electrons. The molecule has 1 fully saturated rings. The predicted octanol–water partition coefficient (Wildman–Crippen LogP) is 3.07. The molecule has 3 rings (SSSR count). The van der Waals surface area contributed by atoms with Crippen LogP contribution in [0.4, 0.5) is 10.2 Å². The van der Waals surface area contributed by atoms with E-state index in [0.717, 1.165) is 18.4 Å². The monoisotopic (exact) mass is 293 g/mol. The highest BCUT2D eigenvalue weighted by Gasteiger charge is 2.30. The molecule has 1 heterocycles. The summed E-state index contributed by atoms with van der Waals surface area (Å²) in [5, 5.41) is 7.31. The third kappa shape index (κ3) is 2.99. The minimum absolute atomic E-state index is 0.0390. The highest BCUT2D eigenvalue weighted by Crippen LogP contribution is 2.31. The van der Waals surface area contributed by atoms with E-state index in [1.807, 2.05) is 0 Å². The average molecular weight is 294 g/mol. The van der Waals surface area contributed by atoms with Crippen molar-refractivity contribution >= 4 is 23.3 Å². The summed E-state index contributed by atoms with van der Waals surface area (Å²) in [6.07, 6.45) is 3.47. The van der Waals surface area contributed by atoms with Crippen molar-refractivity contribution in [3.05, 3.63) is 46.9 Å². The van der Waals surface area contributed by atoms with Gasteiger partial charge in [0.1, 0.15) is 10.8 Å². The van der Waals surface area contributed by atoms with Gasteiger partial charge in [-0.2, -0.15) is 5.10 Å². The minimum atomic E-state index is -0.289. The first-order valence-electron chi connectivity index (χ1n) is 6.40. The third-order valence-electron chi connectivity index (χ3n) is 3.14. The number of rotatable bonds is 4. The van der Waals surface area contributed by atoms with Gasteiger partial charge in [0.15, 0.2) is 5.82 Å². The zero-order valence-electron chi connectivity index (χ0n) is 10.6. The molecule has 0 unspecified atom stereocenters. The second kappa shape index (κ2) is 5.25. The van der Waals surface area contributed by atoms with Crippen molar-refractivity contribution in [1.29, 1.82) is 0 Å². The number of hydrogen-bond donors (Lipinski definition) is 1. The van der Waals surface area contributed by atoms with Crippen molar-refractivity contribution in [2.75, 3.05) is 5.32 Å². The third-order valence-corrected chi connectivity index (χ3v) is 3.42. The van der Waals surface area contributed by atoms with Crippen LogP contribution in [0.25, 0.3) is 0 Å². The Morgan fingerprint density at radius 2 is 2.30 bits per heavy atom. The number of carbonyl (C=O) groups is 1. The molecule has 6 heteroatoms. The van der Waals surface area contributed by atoms with Gasteiger partial charge in [0, 0.05) is 12.1 Å². The Morgan fingerprint density at radius 3 is 3.00 bits per heavy atom. The van der Waals surface area contributed by atoms with E-state index in [2.05, 4.69) is 10.4 Å². The van der Waals surface area contributed by atoms with Gasteiger partial charge in [-0.3, -0.25) is 9.48 Å². The molecular formula is C14H13ClFN3O. The molecule has 1 saturated carbocycles. The maximum atomic E-state index is 13.1. The van der Waals surface area contributed by atoms with Crippen molar-refractivity contribution in [1.82, 2.24) is 9.78 Å². The van der Waals surface area contributed by atoms with E-state index < -0.39 is 0 Å². The van der Waals surface area contributed by atoms with E-state index in [4.69, 9.17) is 11.6 Å². The van der Waals surface area contributed by atoms with Gasteiger partial charge in [-0.15, -0.1) is 0 Å². The number of hydrogen-bond acceptors (Lipinski definition) is 2. The predicted molar refractivity (Wildman–Crippen MR) is 74.1 cm³/mol. The van der Waals surface area contributed by atoms with Crippen LogP contribution in [-0.2, 0) is 11.3 Å². The Kier molecular flexibility index (Phi) is 3.44. The van der Waals surface area contributed by atoms with E-state index in [9.17, 15) is 9.18 Å². The Balaban J connectivity index is 1.72. The molecular weight excluding hydrogens is 281 g/mol. The smallest absolute Gasteiger partial charge is 0.228 e. The molecule has 1 amide bonds. The van der Waals surface area contributed by atoms with Crippen LogP contribution in [-0.4, -0.2) is 15.7 Å². The van der Waals surface area contributed by atoms with E-state index in [0.29, 0.717) is 17.4 Å². The van der Waals surface area contributed by atoms with Crippen LogP contribution in [0.2, 0.25) is 5.02 Å². The van der Waals surface area contributed by atoms with Gasteiger partial charge in [-0.05, 0) is 30.5 Å². The summed E-state index contributed by atoms with van der Waals surface area (Å²) in [6.45, 7) is 0.400. The van der Waals surface area contributed by atoms with Gasteiger partial charge in [-0.25, -0.2) is 4.39 Å². The highest BCUT2D eigenvalue weighted by atomic mass is 35.5. The SMILES string of the molecule is O=C(Nc1nn(Cc2cccc(F)c2)cc1Cl)C1CC1. The van der Waals surface area contributed by atoms with E-state index in [1.165, 1.54) is 12.1 Å². The van der Waals surface area contributed by atoms with Crippen LogP contribution in [0.1, 0.15) is 18.4 Å². The number of anilines is 1. The van der Waals surface area contributed by atoms with Gasteiger partial charge in [0.25, 0.3) is 0 Å². The summed E-state index contributed by atoms with van der Waals surface area (Å²) >= 11 is 6.04. The molecule has 0 bridgehead atoms. The molecule has 4 nitrogen and oxygen atoms in total. The second-order valence-corrected chi connectivity index (χ2v) is 5.32. The first-order chi connectivity index (χ1) is 9.61.